The lowest BCUT2D eigenvalue weighted by Crippen LogP contribution is -2.16. The molecule has 154 valence electrons. The second-order valence-corrected chi connectivity index (χ2v) is 6.18. The van der Waals surface area contributed by atoms with E-state index >= 15 is 0 Å². The number of amides is 1. The lowest BCUT2D eigenvalue weighted by molar-refractivity contribution is -0.142. The molecule has 0 unspecified atom stereocenters. The third-order valence-corrected chi connectivity index (χ3v) is 3.98. The molecular formula is C21H22FNO6. The van der Waals surface area contributed by atoms with Crippen LogP contribution in [0.4, 0.5) is 10.1 Å². The molecule has 7 nitrogen and oxygen atoms in total. The zero-order valence-corrected chi connectivity index (χ0v) is 16.4. The fourth-order valence-electron chi connectivity index (χ4n) is 2.58. The van der Waals surface area contributed by atoms with Crippen LogP contribution in [0.25, 0.3) is 0 Å². The van der Waals surface area contributed by atoms with Gasteiger partial charge in [0.2, 0.25) is 11.7 Å². The Labute approximate surface area is 167 Å². The molecule has 0 aliphatic carbocycles. The minimum absolute atomic E-state index is 0.0353. The van der Waals surface area contributed by atoms with E-state index in [1.807, 2.05) is 0 Å². The van der Waals surface area contributed by atoms with E-state index in [1.165, 1.54) is 33.3 Å². The van der Waals surface area contributed by atoms with Gasteiger partial charge in [-0.2, -0.15) is 0 Å². The summed E-state index contributed by atoms with van der Waals surface area (Å²) in [5.74, 6) is -1.22. The molecule has 8 heteroatoms. The summed E-state index contributed by atoms with van der Waals surface area (Å²) < 4.78 is 29.4. The van der Waals surface area contributed by atoms with Crippen molar-refractivity contribution in [2.24, 2.45) is 0 Å². The molecule has 0 saturated heterocycles. The monoisotopic (exact) mass is 403 g/mol. The van der Waals surface area contributed by atoms with Crippen LogP contribution in [0.15, 0.2) is 36.4 Å². The average Bonchev–Trinajstić information content (AvgIpc) is 2.69. The Morgan fingerprint density at radius 2 is 1.66 bits per heavy atom. The van der Waals surface area contributed by atoms with E-state index in [0.717, 1.165) is 11.6 Å². The Kier molecular flexibility index (Phi) is 7.70. The zero-order valence-electron chi connectivity index (χ0n) is 16.4. The number of carbonyl (C=O) groups is 3. The van der Waals surface area contributed by atoms with Crippen molar-refractivity contribution in [2.75, 3.05) is 26.1 Å². The summed E-state index contributed by atoms with van der Waals surface area (Å²) in [5, 5.41) is 2.42. The molecule has 2 aromatic carbocycles. The fourth-order valence-corrected chi connectivity index (χ4v) is 2.58. The molecule has 0 spiro atoms. The first-order valence-electron chi connectivity index (χ1n) is 8.80. The Bertz CT molecular complexity index is 890. The maximum atomic E-state index is 14.1. The van der Waals surface area contributed by atoms with Crippen molar-refractivity contribution in [2.45, 2.75) is 19.8 Å². The number of anilines is 1. The summed E-state index contributed by atoms with van der Waals surface area (Å²) in [4.78, 5) is 35.0. The van der Waals surface area contributed by atoms with Crippen molar-refractivity contribution < 1.29 is 33.0 Å². The molecule has 0 heterocycles. The number of methoxy groups -OCH3 is 2. The first-order chi connectivity index (χ1) is 13.8. The second kappa shape index (κ2) is 10.2. The van der Waals surface area contributed by atoms with Crippen LogP contribution in [-0.2, 0) is 20.7 Å². The number of Topliss-reactive ketones (excluding diaryl/α,β-unsaturated/α-hetero) is 1. The number of ketones is 1. The van der Waals surface area contributed by atoms with Gasteiger partial charge in [0.05, 0.1) is 19.8 Å². The summed E-state index contributed by atoms with van der Waals surface area (Å²) >= 11 is 0. The molecule has 2 rings (SSSR count). The molecule has 0 aromatic heterocycles. The van der Waals surface area contributed by atoms with Gasteiger partial charge in [-0.3, -0.25) is 14.4 Å². The number of aryl methyl sites for hydroxylation is 1. The Morgan fingerprint density at radius 3 is 2.21 bits per heavy atom. The van der Waals surface area contributed by atoms with Gasteiger partial charge >= 0.3 is 5.97 Å². The van der Waals surface area contributed by atoms with Crippen LogP contribution in [-0.4, -0.2) is 38.5 Å². The summed E-state index contributed by atoms with van der Waals surface area (Å²) in [7, 11) is 3.06. The zero-order chi connectivity index (χ0) is 21.4. The van der Waals surface area contributed by atoms with Crippen molar-refractivity contribution in [3.63, 3.8) is 0 Å². The van der Waals surface area contributed by atoms with Gasteiger partial charge in [-0.15, -0.1) is 0 Å². The Balaban J connectivity index is 1.89. The van der Waals surface area contributed by atoms with Crippen LogP contribution in [0.1, 0.15) is 29.3 Å². The Hall–Kier alpha value is -3.42. The van der Waals surface area contributed by atoms with Gasteiger partial charge in [-0.1, -0.05) is 0 Å². The number of halogens is 1. The quantitative estimate of drug-likeness (QED) is 0.511. The molecule has 0 saturated carbocycles. The summed E-state index contributed by atoms with van der Waals surface area (Å²) in [6, 6.07) is 8.92. The highest BCUT2D eigenvalue weighted by Crippen LogP contribution is 2.23. The first-order valence-corrected chi connectivity index (χ1v) is 8.80. The van der Waals surface area contributed by atoms with Crippen LogP contribution in [0.3, 0.4) is 0 Å². The SMILES string of the molecule is COc1cc(CCC(=O)OCC(=O)c2ccc(NC(C)=O)cc2F)cc(OC)c1. The molecule has 1 N–H and O–H groups in total. The molecule has 0 bridgehead atoms. The van der Waals surface area contributed by atoms with Crippen LogP contribution >= 0.6 is 0 Å². The lowest BCUT2D eigenvalue weighted by atomic mass is 10.1. The molecule has 0 atom stereocenters. The van der Waals surface area contributed by atoms with Crippen molar-refractivity contribution >= 4 is 23.3 Å². The van der Waals surface area contributed by atoms with Gasteiger partial charge in [0.15, 0.2) is 6.61 Å². The molecule has 1 amide bonds. The molecule has 0 aliphatic rings. The number of rotatable bonds is 9. The van der Waals surface area contributed by atoms with Crippen LogP contribution in [0, 0.1) is 5.82 Å². The Morgan fingerprint density at radius 1 is 1.00 bits per heavy atom. The van der Waals surface area contributed by atoms with Crippen molar-refractivity contribution in [3.8, 4) is 11.5 Å². The van der Waals surface area contributed by atoms with Crippen LogP contribution < -0.4 is 14.8 Å². The molecular weight excluding hydrogens is 381 g/mol. The van der Waals surface area contributed by atoms with Crippen LogP contribution in [0.5, 0.6) is 11.5 Å². The molecule has 2 aromatic rings. The summed E-state index contributed by atoms with van der Waals surface area (Å²) in [6.45, 7) is 0.717. The third-order valence-electron chi connectivity index (χ3n) is 3.98. The van der Waals surface area contributed by atoms with Crippen molar-refractivity contribution in [1.29, 1.82) is 0 Å². The van der Waals surface area contributed by atoms with Crippen molar-refractivity contribution in [3.05, 3.63) is 53.3 Å². The minimum atomic E-state index is -0.805. The predicted molar refractivity (Wildman–Crippen MR) is 104 cm³/mol. The number of nitrogens with one attached hydrogen (secondary N) is 1. The van der Waals surface area contributed by atoms with Gasteiger partial charge in [-0.05, 0) is 42.3 Å². The van der Waals surface area contributed by atoms with E-state index in [2.05, 4.69) is 5.32 Å². The number of ether oxygens (including phenoxy) is 3. The third kappa shape index (κ3) is 6.60. The summed E-state index contributed by atoms with van der Waals surface area (Å²) in [6.07, 6.45) is 0.397. The number of esters is 1. The maximum Gasteiger partial charge on any atom is 0.306 e. The first kappa shape index (κ1) is 21.9. The largest absolute Gasteiger partial charge is 0.497 e. The topological polar surface area (TPSA) is 90.9 Å². The van der Waals surface area contributed by atoms with Gasteiger partial charge < -0.3 is 19.5 Å². The van der Waals surface area contributed by atoms with Crippen LogP contribution in [0.2, 0.25) is 0 Å². The standard InChI is InChI=1S/C21H22FNO6/c1-13(24)23-15-5-6-18(19(22)10-15)20(25)12-29-21(26)7-4-14-8-16(27-2)11-17(9-14)28-3/h5-6,8-11H,4,7,12H2,1-3H3,(H,23,24). The van der Waals surface area contributed by atoms with E-state index in [4.69, 9.17) is 14.2 Å². The van der Waals surface area contributed by atoms with E-state index < -0.39 is 24.2 Å². The molecule has 0 fully saturated rings. The van der Waals surface area contributed by atoms with Crippen molar-refractivity contribution in [1.82, 2.24) is 0 Å². The lowest BCUT2D eigenvalue weighted by Gasteiger charge is -2.09. The predicted octanol–water partition coefficient (Wildman–Crippen LogP) is 3.16. The average molecular weight is 403 g/mol. The van der Waals surface area contributed by atoms with E-state index in [0.29, 0.717) is 17.9 Å². The normalized spacial score (nSPS) is 10.2. The van der Waals surface area contributed by atoms with E-state index in [1.54, 1.807) is 18.2 Å². The number of hydrogen-bond acceptors (Lipinski definition) is 6. The molecule has 0 aliphatic heterocycles. The van der Waals surface area contributed by atoms with E-state index in [-0.39, 0.29) is 23.6 Å². The number of benzene rings is 2. The molecule has 0 radical (unpaired) electrons. The summed E-state index contributed by atoms with van der Waals surface area (Å²) in [5.41, 5.74) is 0.825. The van der Waals surface area contributed by atoms with Gasteiger partial charge in [0, 0.05) is 25.1 Å². The van der Waals surface area contributed by atoms with Gasteiger partial charge in [0.1, 0.15) is 17.3 Å². The van der Waals surface area contributed by atoms with E-state index in [9.17, 15) is 18.8 Å². The second-order valence-electron chi connectivity index (χ2n) is 6.18. The highest BCUT2D eigenvalue weighted by atomic mass is 19.1. The highest BCUT2D eigenvalue weighted by molar-refractivity contribution is 5.99. The smallest absolute Gasteiger partial charge is 0.306 e. The van der Waals surface area contributed by atoms with Gasteiger partial charge in [0.25, 0.3) is 0 Å². The minimum Gasteiger partial charge on any atom is -0.497 e. The number of hydrogen-bond donors (Lipinski definition) is 1. The molecule has 29 heavy (non-hydrogen) atoms. The highest BCUT2D eigenvalue weighted by Gasteiger charge is 2.15. The number of carbonyl (C=O) groups excluding carboxylic acids is 3. The van der Waals surface area contributed by atoms with Gasteiger partial charge in [-0.25, -0.2) is 4.39 Å². The fraction of sp³-hybridized carbons (Fsp3) is 0.286. The maximum absolute atomic E-state index is 14.1.